The monoisotopic (exact) mass is 329 g/mol. The molecule has 1 aliphatic rings. The minimum absolute atomic E-state index is 0.00102. The molecule has 1 aromatic carbocycles. The highest BCUT2D eigenvalue weighted by Gasteiger charge is 2.26. The quantitative estimate of drug-likeness (QED) is 0.836. The zero-order valence-electron chi connectivity index (χ0n) is 10.5. The van der Waals surface area contributed by atoms with Gasteiger partial charge in [0, 0.05) is 11.4 Å². The van der Waals surface area contributed by atoms with Crippen LogP contribution >= 0.6 is 15.9 Å². The van der Waals surface area contributed by atoms with Gasteiger partial charge in [-0.3, -0.25) is 4.79 Å². The van der Waals surface area contributed by atoms with Crippen molar-refractivity contribution in [3.63, 3.8) is 0 Å². The number of halogens is 2. The lowest BCUT2D eigenvalue weighted by Gasteiger charge is -2.31. The fourth-order valence-corrected chi connectivity index (χ4v) is 3.29. The number of benzene rings is 1. The Balaban J connectivity index is 2.09. The van der Waals surface area contributed by atoms with Gasteiger partial charge in [0.05, 0.1) is 5.56 Å². The number of hydrogen-bond acceptors (Lipinski definition) is 2. The maximum absolute atomic E-state index is 13.1. The van der Waals surface area contributed by atoms with Gasteiger partial charge in [-0.25, -0.2) is 4.39 Å². The van der Waals surface area contributed by atoms with Gasteiger partial charge in [0.15, 0.2) is 0 Å². The maximum atomic E-state index is 13.1. The standard InChI is InChI=1S/C14H17BrFNO2/c15-8-9-3-1-2-4-12(9)17-14(19)11-7-10(16)5-6-13(11)18/h5-7,9,12,18H,1-4,8H2,(H,17,19). The third-order valence-electron chi connectivity index (χ3n) is 3.63. The number of hydrogen-bond donors (Lipinski definition) is 2. The van der Waals surface area contributed by atoms with E-state index in [-0.39, 0.29) is 17.4 Å². The minimum atomic E-state index is -0.524. The summed E-state index contributed by atoms with van der Waals surface area (Å²) in [6, 6.07) is 3.49. The van der Waals surface area contributed by atoms with E-state index in [4.69, 9.17) is 0 Å². The molecule has 1 aromatic rings. The molecule has 1 saturated carbocycles. The number of amides is 1. The molecule has 2 N–H and O–H groups in total. The lowest BCUT2D eigenvalue weighted by molar-refractivity contribution is 0.0908. The van der Waals surface area contributed by atoms with Crippen LogP contribution in [0.2, 0.25) is 0 Å². The van der Waals surface area contributed by atoms with E-state index in [1.54, 1.807) is 0 Å². The summed E-state index contributed by atoms with van der Waals surface area (Å²) in [7, 11) is 0. The summed E-state index contributed by atoms with van der Waals surface area (Å²) < 4.78 is 13.1. The van der Waals surface area contributed by atoms with Crippen molar-refractivity contribution in [3.8, 4) is 5.75 Å². The van der Waals surface area contributed by atoms with Gasteiger partial charge in [-0.05, 0) is 37.0 Å². The summed E-state index contributed by atoms with van der Waals surface area (Å²) in [6.45, 7) is 0. The third kappa shape index (κ3) is 3.47. The second-order valence-corrected chi connectivity index (χ2v) is 5.59. The van der Waals surface area contributed by atoms with Crippen molar-refractivity contribution in [2.75, 3.05) is 5.33 Å². The summed E-state index contributed by atoms with van der Waals surface area (Å²) >= 11 is 3.46. The second-order valence-electron chi connectivity index (χ2n) is 4.94. The molecule has 0 saturated heterocycles. The number of nitrogens with one attached hydrogen (secondary N) is 1. The molecule has 1 aliphatic carbocycles. The van der Waals surface area contributed by atoms with Crippen molar-refractivity contribution >= 4 is 21.8 Å². The number of carbonyl (C=O) groups is 1. The van der Waals surface area contributed by atoms with Crippen LogP contribution in [0.5, 0.6) is 5.75 Å². The van der Waals surface area contributed by atoms with E-state index in [2.05, 4.69) is 21.2 Å². The van der Waals surface area contributed by atoms with Crippen molar-refractivity contribution in [1.29, 1.82) is 0 Å². The number of phenolic OH excluding ortho intramolecular Hbond substituents is 1. The van der Waals surface area contributed by atoms with Gasteiger partial charge in [0.25, 0.3) is 5.91 Å². The van der Waals surface area contributed by atoms with Gasteiger partial charge in [-0.15, -0.1) is 0 Å². The lowest BCUT2D eigenvalue weighted by atomic mass is 9.86. The fraction of sp³-hybridized carbons (Fsp3) is 0.500. The molecule has 19 heavy (non-hydrogen) atoms. The van der Waals surface area contributed by atoms with E-state index in [0.29, 0.717) is 5.92 Å². The average Bonchev–Trinajstić information content (AvgIpc) is 2.42. The van der Waals surface area contributed by atoms with Crippen LogP contribution in [0.25, 0.3) is 0 Å². The Morgan fingerprint density at radius 1 is 1.42 bits per heavy atom. The van der Waals surface area contributed by atoms with Gasteiger partial charge < -0.3 is 10.4 Å². The number of carbonyl (C=O) groups excluding carboxylic acids is 1. The first-order chi connectivity index (χ1) is 9.11. The molecular formula is C14H17BrFNO2. The highest BCUT2D eigenvalue weighted by molar-refractivity contribution is 9.09. The minimum Gasteiger partial charge on any atom is -0.507 e. The molecule has 2 rings (SSSR count). The fourth-order valence-electron chi connectivity index (χ4n) is 2.52. The highest BCUT2D eigenvalue weighted by Crippen LogP contribution is 2.27. The number of rotatable bonds is 3. The van der Waals surface area contributed by atoms with E-state index < -0.39 is 11.7 Å². The molecule has 0 aromatic heterocycles. The van der Waals surface area contributed by atoms with Crippen LogP contribution < -0.4 is 5.32 Å². The van der Waals surface area contributed by atoms with Crippen LogP contribution in [0.15, 0.2) is 18.2 Å². The molecule has 104 valence electrons. The molecule has 0 radical (unpaired) electrons. The normalized spacial score (nSPS) is 23.1. The largest absolute Gasteiger partial charge is 0.507 e. The predicted octanol–water partition coefficient (Wildman–Crippen LogP) is 3.21. The second kappa shape index (κ2) is 6.37. The zero-order chi connectivity index (χ0) is 13.8. The Labute approximate surface area is 120 Å². The predicted molar refractivity (Wildman–Crippen MR) is 75.1 cm³/mol. The van der Waals surface area contributed by atoms with E-state index in [1.807, 2.05) is 0 Å². The molecule has 0 spiro atoms. The van der Waals surface area contributed by atoms with Gasteiger partial charge in [0.1, 0.15) is 11.6 Å². The Bertz CT molecular complexity index is 467. The number of aromatic hydroxyl groups is 1. The Morgan fingerprint density at radius 2 is 2.16 bits per heavy atom. The number of alkyl halides is 1. The molecule has 3 nitrogen and oxygen atoms in total. The Kier molecular flexibility index (Phi) is 4.80. The van der Waals surface area contributed by atoms with E-state index >= 15 is 0 Å². The van der Waals surface area contributed by atoms with Crippen LogP contribution in [-0.4, -0.2) is 22.4 Å². The average molecular weight is 330 g/mol. The van der Waals surface area contributed by atoms with Crippen LogP contribution in [0.3, 0.4) is 0 Å². The van der Waals surface area contributed by atoms with Crippen LogP contribution in [-0.2, 0) is 0 Å². The summed E-state index contributed by atoms with van der Waals surface area (Å²) in [4.78, 5) is 12.1. The number of phenols is 1. The molecule has 1 amide bonds. The lowest BCUT2D eigenvalue weighted by Crippen LogP contribution is -2.42. The molecule has 5 heteroatoms. The molecule has 0 heterocycles. The highest BCUT2D eigenvalue weighted by atomic mass is 79.9. The van der Waals surface area contributed by atoms with Crippen molar-refractivity contribution in [3.05, 3.63) is 29.6 Å². The van der Waals surface area contributed by atoms with Crippen molar-refractivity contribution in [1.82, 2.24) is 5.32 Å². The van der Waals surface area contributed by atoms with Crippen LogP contribution in [0, 0.1) is 11.7 Å². The SMILES string of the molecule is O=C(NC1CCCCC1CBr)c1cc(F)ccc1O. The summed E-state index contributed by atoms with van der Waals surface area (Å²) in [6.07, 6.45) is 4.26. The first-order valence-corrected chi connectivity index (χ1v) is 7.59. The van der Waals surface area contributed by atoms with Gasteiger partial charge in [-0.2, -0.15) is 0 Å². The smallest absolute Gasteiger partial charge is 0.255 e. The van der Waals surface area contributed by atoms with Crippen molar-refractivity contribution in [2.45, 2.75) is 31.7 Å². The van der Waals surface area contributed by atoms with Gasteiger partial charge in [-0.1, -0.05) is 28.8 Å². The molecule has 0 bridgehead atoms. The van der Waals surface area contributed by atoms with Crippen molar-refractivity contribution < 1.29 is 14.3 Å². The van der Waals surface area contributed by atoms with Crippen LogP contribution in [0.1, 0.15) is 36.0 Å². The molecule has 1 fully saturated rings. The van der Waals surface area contributed by atoms with Gasteiger partial charge >= 0.3 is 0 Å². The first-order valence-electron chi connectivity index (χ1n) is 6.47. The summed E-state index contributed by atoms with van der Waals surface area (Å²) in [5, 5.41) is 13.4. The van der Waals surface area contributed by atoms with Crippen LogP contribution in [0.4, 0.5) is 4.39 Å². The molecule has 2 atom stereocenters. The maximum Gasteiger partial charge on any atom is 0.255 e. The zero-order valence-corrected chi connectivity index (χ0v) is 12.1. The molecule has 2 unspecified atom stereocenters. The summed E-state index contributed by atoms with van der Waals surface area (Å²) in [5.41, 5.74) is -0.00102. The Hall–Kier alpha value is -1.10. The summed E-state index contributed by atoms with van der Waals surface area (Å²) in [5.74, 6) is -0.725. The third-order valence-corrected chi connectivity index (χ3v) is 4.46. The topological polar surface area (TPSA) is 49.3 Å². The Morgan fingerprint density at radius 3 is 2.89 bits per heavy atom. The van der Waals surface area contributed by atoms with Crippen molar-refractivity contribution in [2.24, 2.45) is 5.92 Å². The van der Waals surface area contributed by atoms with E-state index in [0.717, 1.165) is 36.7 Å². The first kappa shape index (κ1) is 14.3. The van der Waals surface area contributed by atoms with E-state index in [1.165, 1.54) is 12.5 Å². The molecule has 0 aliphatic heterocycles. The van der Waals surface area contributed by atoms with E-state index in [9.17, 15) is 14.3 Å². The molecular weight excluding hydrogens is 313 g/mol. The van der Waals surface area contributed by atoms with Gasteiger partial charge in [0.2, 0.25) is 0 Å².